The molecular formula is C17H14ClN3O3. The van der Waals surface area contributed by atoms with Gasteiger partial charge in [-0.15, -0.1) is 0 Å². The summed E-state index contributed by atoms with van der Waals surface area (Å²) >= 11 is 5.65. The van der Waals surface area contributed by atoms with E-state index in [1.807, 2.05) is 18.2 Å². The first-order valence-electron chi connectivity index (χ1n) is 7.27. The number of halogens is 1. The van der Waals surface area contributed by atoms with Gasteiger partial charge in [-0.3, -0.25) is 20.4 Å². The maximum absolute atomic E-state index is 11.8. The molecular weight excluding hydrogens is 330 g/mol. The van der Waals surface area contributed by atoms with Crippen molar-refractivity contribution >= 4 is 29.5 Å². The van der Waals surface area contributed by atoms with E-state index in [2.05, 4.69) is 15.8 Å². The molecule has 6 nitrogen and oxygen atoms in total. The molecule has 0 spiro atoms. The second kappa shape index (κ2) is 7.14. The third-order valence-corrected chi connectivity index (χ3v) is 3.65. The molecule has 0 saturated heterocycles. The van der Waals surface area contributed by atoms with Gasteiger partial charge in [0.15, 0.2) is 0 Å². The summed E-state index contributed by atoms with van der Waals surface area (Å²) in [6.07, 6.45) is 5.21. The van der Waals surface area contributed by atoms with Crippen LogP contribution in [0.3, 0.4) is 0 Å². The molecule has 1 aliphatic rings. The van der Waals surface area contributed by atoms with Gasteiger partial charge in [-0.1, -0.05) is 17.7 Å². The fourth-order valence-corrected chi connectivity index (χ4v) is 2.34. The monoisotopic (exact) mass is 343 g/mol. The van der Waals surface area contributed by atoms with Crippen LogP contribution in [0.15, 0.2) is 42.6 Å². The van der Waals surface area contributed by atoms with Crippen molar-refractivity contribution in [1.82, 2.24) is 15.8 Å². The highest BCUT2D eigenvalue weighted by Gasteiger charge is 2.11. The molecule has 3 rings (SSSR count). The molecule has 0 unspecified atom stereocenters. The first-order valence-corrected chi connectivity index (χ1v) is 7.65. The highest BCUT2D eigenvalue weighted by molar-refractivity contribution is 6.29. The van der Waals surface area contributed by atoms with Crippen molar-refractivity contribution in [1.29, 1.82) is 0 Å². The number of rotatable bonds is 3. The predicted molar refractivity (Wildman–Crippen MR) is 89.5 cm³/mol. The van der Waals surface area contributed by atoms with E-state index >= 15 is 0 Å². The smallest absolute Gasteiger partial charge is 0.271 e. The van der Waals surface area contributed by atoms with Gasteiger partial charge in [-0.25, -0.2) is 4.98 Å². The first-order chi connectivity index (χ1) is 11.6. The molecule has 0 aliphatic carbocycles. The highest BCUT2D eigenvalue weighted by Crippen LogP contribution is 2.26. The maximum Gasteiger partial charge on any atom is 0.271 e. The Hall–Kier alpha value is -2.86. The minimum absolute atomic E-state index is 0.290. The number of carbonyl (C=O) groups is 2. The van der Waals surface area contributed by atoms with Crippen LogP contribution in [0.5, 0.6) is 5.75 Å². The highest BCUT2D eigenvalue weighted by atomic mass is 35.5. The lowest BCUT2D eigenvalue weighted by Gasteiger charge is -2.05. The summed E-state index contributed by atoms with van der Waals surface area (Å²) in [6.45, 7) is 0.689. The number of hydrogen-bond donors (Lipinski definition) is 2. The van der Waals surface area contributed by atoms with Crippen molar-refractivity contribution in [2.75, 3.05) is 6.61 Å². The lowest BCUT2D eigenvalue weighted by molar-refractivity contribution is -0.117. The largest absolute Gasteiger partial charge is 0.493 e. The quantitative estimate of drug-likeness (QED) is 0.508. The van der Waals surface area contributed by atoms with Crippen LogP contribution in [0.25, 0.3) is 6.08 Å². The lowest BCUT2D eigenvalue weighted by atomic mass is 10.1. The van der Waals surface area contributed by atoms with Gasteiger partial charge in [-0.2, -0.15) is 0 Å². The summed E-state index contributed by atoms with van der Waals surface area (Å²) in [7, 11) is 0. The Labute approximate surface area is 143 Å². The molecule has 2 N–H and O–H groups in total. The molecule has 2 amide bonds. The molecule has 1 aromatic carbocycles. The molecule has 1 aromatic heterocycles. The summed E-state index contributed by atoms with van der Waals surface area (Å²) in [5.41, 5.74) is 6.92. The van der Waals surface area contributed by atoms with E-state index < -0.39 is 11.8 Å². The number of aromatic nitrogens is 1. The van der Waals surface area contributed by atoms with Crippen molar-refractivity contribution in [3.8, 4) is 5.75 Å². The Kier molecular flexibility index (Phi) is 4.77. The SMILES string of the molecule is O=C(C=Cc1ccc2c(c1)CCO2)NNC(=O)c1ccc(Cl)nc1. The molecule has 0 saturated carbocycles. The summed E-state index contributed by atoms with van der Waals surface area (Å²) in [5.74, 6) is -0.0296. The minimum atomic E-state index is -0.476. The number of benzene rings is 1. The first kappa shape index (κ1) is 16.0. The number of hydrogen-bond acceptors (Lipinski definition) is 4. The standard InChI is InChI=1S/C17H14ClN3O3/c18-15-5-3-13(10-19-15)17(23)21-20-16(22)6-2-11-1-4-14-12(9-11)7-8-24-14/h1-6,9-10H,7-8H2,(H,20,22)(H,21,23). The molecule has 0 atom stereocenters. The van der Waals surface area contributed by atoms with Gasteiger partial charge in [0, 0.05) is 18.7 Å². The molecule has 1 aliphatic heterocycles. The van der Waals surface area contributed by atoms with Crippen LogP contribution in [0.1, 0.15) is 21.5 Å². The molecule has 122 valence electrons. The van der Waals surface area contributed by atoms with Crippen molar-refractivity contribution in [3.05, 3.63) is 64.4 Å². The van der Waals surface area contributed by atoms with Crippen LogP contribution >= 0.6 is 11.6 Å². The molecule has 0 fully saturated rings. The topological polar surface area (TPSA) is 80.3 Å². The number of nitrogens with one attached hydrogen (secondary N) is 2. The van der Waals surface area contributed by atoms with Crippen LogP contribution in [0.2, 0.25) is 5.15 Å². The predicted octanol–water partition coefficient (Wildman–Crippen LogP) is 2.14. The van der Waals surface area contributed by atoms with Gasteiger partial charge in [0.1, 0.15) is 10.9 Å². The van der Waals surface area contributed by atoms with Gasteiger partial charge < -0.3 is 4.74 Å². The van der Waals surface area contributed by atoms with Crippen LogP contribution < -0.4 is 15.6 Å². The molecule has 7 heteroatoms. The van der Waals surface area contributed by atoms with Crippen molar-refractivity contribution in [2.24, 2.45) is 0 Å². The van der Waals surface area contributed by atoms with E-state index in [1.165, 1.54) is 24.4 Å². The average Bonchev–Trinajstić information content (AvgIpc) is 3.06. The second-order valence-corrected chi connectivity index (χ2v) is 5.50. The third-order valence-electron chi connectivity index (χ3n) is 3.43. The van der Waals surface area contributed by atoms with Gasteiger partial charge in [0.25, 0.3) is 11.8 Å². The number of hydrazine groups is 1. The summed E-state index contributed by atoms with van der Waals surface area (Å²) in [5, 5.41) is 0.290. The van der Waals surface area contributed by atoms with Crippen molar-refractivity contribution in [3.63, 3.8) is 0 Å². The fourth-order valence-electron chi connectivity index (χ4n) is 2.22. The van der Waals surface area contributed by atoms with E-state index in [0.717, 1.165) is 23.3 Å². The molecule has 2 aromatic rings. The van der Waals surface area contributed by atoms with Crippen LogP contribution in [0, 0.1) is 0 Å². The van der Waals surface area contributed by atoms with E-state index in [1.54, 1.807) is 6.08 Å². The van der Waals surface area contributed by atoms with Gasteiger partial charge in [0.05, 0.1) is 12.2 Å². The maximum atomic E-state index is 11.8. The van der Waals surface area contributed by atoms with E-state index in [4.69, 9.17) is 16.3 Å². The summed E-state index contributed by atoms with van der Waals surface area (Å²) in [6, 6.07) is 8.74. The minimum Gasteiger partial charge on any atom is -0.493 e. The Bertz CT molecular complexity index is 803. The number of nitrogens with zero attached hydrogens (tertiary/aromatic N) is 1. The summed E-state index contributed by atoms with van der Waals surface area (Å²) in [4.78, 5) is 27.4. The van der Waals surface area contributed by atoms with Gasteiger partial charge in [0.2, 0.25) is 0 Å². The van der Waals surface area contributed by atoms with E-state index in [-0.39, 0.29) is 0 Å². The lowest BCUT2D eigenvalue weighted by Crippen LogP contribution is -2.40. The van der Waals surface area contributed by atoms with E-state index in [0.29, 0.717) is 17.3 Å². The molecule has 0 bridgehead atoms. The molecule has 2 heterocycles. The number of fused-ring (bicyclic) bond motifs is 1. The number of pyridine rings is 1. The number of carbonyl (C=O) groups excluding carboxylic acids is 2. The zero-order chi connectivity index (χ0) is 16.9. The zero-order valence-corrected chi connectivity index (χ0v) is 13.3. The van der Waals surface area contributed by atoms with Gasteiger partial charge >= 0.3 is 0 Å². The number of ether oxygens (including phenoxy) is 1. The Morgan fingerprint density at radius 3 is 2.88 bits per heavy atom. The van der Waals surface area contributed by atoms with Crippen LogP contribution in [0.4, 0.5) is 0 Å². The van der Waals surface area contributed by atoms with Crippen LogP contribution in [-0.4, -0.2) is 23.4 Å². The van der Waals surface area contributed by atoms with E-state index in [9.17, 15) is 9.59 Å². The Balaban J connectivity index is 1.53. The van der Waals surface area contributed by atoms with Gasteiger partial charge in [-0.05, 0) is 41.5 Å². The van der Waals surface area contributed by atoms with Crippen molar-refractivity contribution < 1.29 is 14.3 Å². The Morgan fingerprint density at radius 1 is 1.21 bits per heavy atom. The normalized spacial score (nSPS) is 12.5. The second-order valence-electron chi connectivity index (χ2n) is 5.11. The zero-order valence-electron chi connectivity index (χ0n) is 12.6. The van der Waals surface area contributed by atoms with Crippen LogP contribution in [-0.2, 0) is 11.2 Å². The average molecular weight is 344 g/mol. The van der Waals surface area contributed by atoms with Crippen molar-refractivity contribution in [2.45, 2.75) is 6.42 Å². The molecule has 0 radical (unpaired) electrons. The molecule has 24 heavy (non-hydrogen) atoms. The summed E-state index contributed by atoms with van der Waals surface area (Å²) < 4.78 is 5.43. The number of amides is 2. The Morgan fingerprint density at radius 2 is 2.08 bits per heavy atom. The fraction of sp³-hybridized carbons (Fsp3) is 0.118. The third kappa shape index (κ3) is 3.91.